The quantitative estimate of drug-likeness (QED) is 0.535. The van der Waals surface area contributed by atoms with Gasteiger partial charge in [-0.1, -0.05) is 51.7 Å². The van der Waals surface area contributed by atoms with Crippen molar-refractivity contribution >= 4 is 22.7 Å². The third-order valence-electron chi connectivity index (χ3n) is 4.87. The SMILES string of the molecule is CCCCCc1cc2cc(C(=O)O)ccc2c(CCCCC)c1C(=O)O. The lowest BCUT2D eigenvalue weighted by molar-refractivity contribution is 0.0684. The average Bonchev–Trinajstić information content (AvgIpc) is 2.61. The number of aryl methyl sites for hydroxylation is 2. The van der Waals surface area contributed by atoms with Crippen LogP contribution in [0.2, 0.25) is 0 Å². The Morgan fingerprint density at radius 3 is 2.08 bits per heavy atom. The maximum Gasteiger partial charge on any atom is 0.336 e. The minimum absolute atomic E-state index is 0.236. The fourth-order valence-corrected chi connectivity index (χ4v) is 3.52. The van der Waals surface area contributed by atoms with E-state index in [0.29, 0.717) is 18.4 Å². The number of hydrogen-bond acceptors (Lipinski definition) is 2. The smallest absolute Gasteiger partial charge is 0.336 e. The summed E-state index contributed by atoms with van der Waals surface area (Å²) in [5.74, 6) is -1.85. The molecule has 0 spiro atoms. The van der Waals surface area contributed by atoms with E-state index in [1.54, 1.807) is 18.2 Å². The fourth-order valence-electron chi connectivity index (χ4n) is 3.52. The number of carbonyl (C=O) groups is 2. The van der Waals surface area contributed by atoms with Crippen LogP contribution < -0.4 is 0 Å². The van der Waals surface area contributed by atoms with Crippen LogP contribution in [0.15, 0.2) is 24.3 Å². The van der Waals surface area contributed by atoms with Crippen molar-refractivity contribution in [1.29, 1.82) is 0 Å². The van der Waals surface area contributed by atoms with E-state index in [1.807, 2.05) is 6.07 Å². The average molecular weight is 356 g/mol. The zero-order valence-corrected chi connectivity index (χ0v) is 15.7. The molecule has 2 N–H and O–H groups in total. The zero-order chi connectivity index (χ0) is 19.1. The van der Waals surface area contributed by atoms with Gasteiger partial charge in [0.05, 0.1) is 11.1 Å². The Bertz CT molecular complexity index is 792. The van der Waals surface area contributed by atoms with Crippen molar-refractivity contribution < 1.29 is 19.8 Å². The van der Waals surface area contributed by atoms with Crippen molar-refractivity contribution in [3.05, 3.63) is 46.5 Å². The lowest BCUT2D eigenvalue weighted by Crippen LogP contribution is -2.09. The lowest BCUT2D eigenvalue weighted by Gasteiger charge is -2.16. The summed E-state index contributed by atoms with van der Waals surface area (Å²) in [5.41, 5.74) is 2.34. The van der Waals surface area contributed by atoms with Crippen LogP contribution in [0.1, 0.15) is 84.2 Å². The number of aromatic carboxylic acids is 2. The molecule has 0 aliphatic rings. The first-order valence-electron chi connectivity index (χ1n) is 9.54. The Morgan fingerprint density at radius 2 is 1.50 bits per heavy atom. The third kappa shape index (κ3) is 4.63. The third-order valence-corrected chi connectivity index (χ3v) is 4.87. The molecule has 0 saturated heterocycles. The van der Waals surface area contributed by atoms with Crippen LogP contribution >= 0.6 is 0 Å². The van der Waals surface area contributed by atoms with Crippen molar-refractivity contribution in [3.8, 4) is 0 Å². The van der Waals surface area contributed by atoms with Gasteiger partial charge in [0.25, 0.3) is 0 Å². The van der Waals surface area contributed by atoms with Crippen LogP contribution in [0.5, 0.6) is 0 Å². The predicted molar refractivity (Wildman–Crippen MR) is 104 cm³/mol. The maximum atomic E-state index is 12.0. The van der Waals surface area contributed by atoms with Gasteiger partial charge in [-0.05, 0) is 59.7 Å². The minimum atomic E-state index is -0.964. The van der Waals surface area contributed by atoms with Crippen molar-refractivity contribution in [2.75, 3.05) is 0 Å². The van der Waals surface area contributed by atoms with Gasteiger partial charge in [-0.15, -0.1) is 0 Å². The molecule has 2 rings (SSSR count). The highest BCUT2D eigenvalue weighted by Crippen LogP contribution is 2.30. The summed E-state index contributed by atoms with van der Waals surface area (Å²) in [5, 5.41) is 20.8. The van der Waals surface area contributed by atoms with Gasteiger partial charge >= 0.3 is 11.9 Å². The molecule has 26 heavy (non-hydrogen) atoms. The summed E-state index contributed by atoms with van der Waals surface area (Å²) >= 11 is 0. The van der Waals surface area contributed by atoms with Crippen LogP contribution in [-0.2, 0) is 12.8 Å². The van der Waals surface area contributed by atoms with Crippen molar-refractivity contribution in [2.45, 2.75) is 65.2 Å². The second-order valence-electron chi connectivity index (χ2n) is 6.85. The van der Waals surface area contributed by atoms with Crippen LogP contribution in [-0.4, -0.2) is 22.2 Å². The number of hydrogen-bond donors (Lipinski definition) is 2. The first-order chi connectivity index (χ1) is 12.5. The summed E-state index contributed by atoms with van der Waals surface area (Å²) in [6.07, 6.45) is 7.54. The Hall–Kier alpha value is -2.36. The Kier molecular flexibility index (Phi) is 7.19. The molecular weight excluding hydrogens is 328 g/mol. The molecule has 0 bridgehead atoms. The van der Waals surface area contributed by atoms with Gasteiger partial charge in [0.1, 0.15) is 0 Å². The molecule has 0 amide bonds. The molecule has 0 unspecified atom stereocenters. The Balaban J connectivity index is 2.62. The minimum Gasteiger partial charge on any atom is -0.478 e. The van der Waals surface area contributed by atoms with E-state index >= 15 is 0 Å². The van der Waals surface area contributed by atoms with Gasteiger partial charge in [0.2, 0.25) is 0 Å². The van der Waals surface area contributed by atoms with Crippen molar-refractivity contribution in [1.82, 2.24) is 0 Å². The number of rotatable bonds is 10. The predicted octanol–water partition coefficient (Wildman–Crippen LogP) is 5.70. The highest BCUT2D eigenvalue weighted by molar-refractivity contribution is 6.02. The van der Waals surface area contributed by atoms with Crippen molar-refractivity contribution in [2.24, 2.45) is 0 Å². The van der Waals surface area contributed by atoms with Gasteiger partial charge in [-0.2, -0.15) is 0 Å². The normalized spacial score (nSPS) is 11.0. The second-order valence-corrected chi connectivity index (χ2v) is 6.85. The van der Waals surface area contributed by atoms with Gasteiger partial charge in [0.15, 0.2) is 0 Å². The molecule has 0 fully saturated rings. The molecule has 0 atom stereocenters. The molecule has 0 saturated carbocycles. The van der Waals surface area contributed by atoms with Crippen LogP contribution in [0.4, 0.5) is 0 Å². The van der Waals surface area contributed by atoms with E-state index in [4.69, 9.17) is 0 Å². The van der Waals surface area contributed by atoms with E-state index in [1.165, 1.54) is 0 Å². The number of unbranched alkanes of at least 4 members (excludes halogenated alkanes) is 4. The maximum absolute atomic E-state index is 12.0. The lowest BCUT2D eigenvalue weighted by atomic mass is 9.88. The van der Waals surface area contributed by atoms with E-state index in [9.17, 15) is 19.8 Å². The van der Waals surface area contributed by atoms with Gasteiger partial charge in [-0.3, -0.25) is 0 Å². The summed E-state index contributed by atoms with van der Waals surface area (Å²) in [6, 6.07) is 6.87. The number of fused-ring (bicyclic) bond motifs is 1. The first kappa shape index (κ1) is 20.0. The highest BCUT2D eigenvalue weighted by atomic mass is 16.4. The molecule has 0 aromatic heterocycles. The fraction of sp³-hybridized carbons (Fsp3) is 0.455. The van der Waals surface area contributed by atoms with E-state index in [-0.39, 0.29) is 5.56 Å². The summed E-state index contributed by atoms with van der Waals surface area (Å²) in [4.78, 5) is 23.4. The standard InChI is InChI=1S/C22H28O4/c1-3-5-7-9-15-13-17-14-16(21(23)24)11-12-18(17)19(10-8-6-4-2)20(15)22(25)26/h11-14H,3-10H2,1-2H3,(H,23,24)(H,25,26). The Morgan fingerprint density at radius 1 is 0.846 bits per heavy atom. The zero-order valence-electron chi connectivity index (χ0n) is 15.7. The number of carboxylic acids is 2. The van der Waals surface area contributed by atoms with E-state index in [0.717, 1.165) is 60.4 Å². The van der Waals surface area contributed by atoms with Gasteiger partial charge < -0.3 is 10.2 Å². The molecule has 0 aliphatic heterocycles. The van der Waals surface area contributed by atoms with E-state index < -0.39 is 11.9 Å². The molecule has 2 aromatic rings. The number of benzene rings is 2. The van der Waals surface area contributed by atoms with Crippen LogP contribution in [0.3, 0.4) is 0 Å². The molecule has 0 aliphatic carbocycles. The number of carboxylic acid groups (broad SMARTS) is 2. The second kappa shape index (κ2) is 9.37. The van der Waals surface area contributed by atoms with Gasteiger partial charge in [0, 0.05) is 0 Å². The largest absolute Gasteiger partial charge is 0.478 e. The molecular formula is C22H28O4. The topological polar surface area (TPSA) is 74.6 Å². The van der Waals surface area contributed by atoms with E-state index in [2.05, 4.69) is 13.8 Å². The first-order valence-corrected chi connectivity index (χ1v) is 9.54. The van der Waals surface area contributed by atoms with Gasteiger partial charge in [-0.25, -0.2) is 9.59 Å². The summed E-state index contributed by atoms with van der Waals surface area (Å²) in [7, 11) is 0. The monoisotopic (exact) mass is 356 g/mol. The summed E-state index contributed by atoms with van der Waals surface area (Å²) in [6.45, 7) is 4.24. The molecule has 0 radical (unpaired) electrons. The van der Waals surface area contributed by atoms with Crippen LogP contribution in [0.25, 0.3) is 10.8 Å². The molecule has 2 aromatic carbocycles. The summed E-state index contributed by atoms with van der Waals surface area (Å²) < 4.78 is 0. The van der Waals surface area contributed by atoms with Crippen LogP contribution in [0, 0.1) is 0 Å². The molecule has 140 valence electrons. The highest BCUT2D eigenvalue weighted by Gasteiger charge is 2.19. The molecule has 0 heterocycles. The van der Waals surface area contributed by atoms with Crippen molar-refractivity contribution in [3.63, 3.8) is 0 Å². The molecule has 4 heteroatoms. The Labute approximate surface area is 154 Å². The molecule has 4 nitrogen and oxygen atoms in total.